The lowest BCUT2D eigenvalue weighted by molar-refractivity contribution is -0.132. The van der Waals surface area contributed by atoms with Crippen molar-refractivity contribution < 1.29 is 4.79 Å². The first-order chi connectivity index (χ1) is 12.2. The molecule has 5 nitrogen and oxygen atoms in total. The number of hydrogen-bond acceptors (Lipinski definition) is 3. The van der Waals surface area contributed by atoms with Crippen LogP contribution in [0.2, 0.25) is 0 Å². The molecule has 0 saturated carbocycles. The zero-order valence-corrected chi connectivity index (χ0v) is 15.8. The number of amides is 1. The molecule has 0 N–H and O–H groups in total. The van der Waals surface area contributed by atoms with E-state index in [0.717, 1.165) is 45.4 Å². The molecule has 3 rings (SSSR count). The molecule has 0 unspecified atom stereocenters. The van der Waals surface area contributed by atoms with E-state index in [9.17, 15) is 4.79 Å². The summed E-state index contributed by atoms with van der Waals surface area (Å²) in [5.74, 6) is 0.286. The van der Waals surface area contributed by atoms with Crippen LogP contribution < -0.4 is 0 Å². The Bertz CT molecular complexity index is 603. The summed E-state index contributed by atoms with van der Waals surface area (Å²) in [5.41, 5.74) is 2.51. The van der Waals surface area contributed by atoms with Crippen molar-refractivity contribution in [3.63, 3.8) is 0 Å². The van der Waals surface area contributed by atoms with Crippen molar-refractivity contribution in [2.75, 3.05) is 26.2 Å². The van der Waals surface area contributed by atoms with Crippen LogP contribution in [-0.2, 0) is 11.3 Å². The van der Waals surface area contributed by atoms with E-state index >= 15 is 0 Å². The lowest BCUT2D eigenvalue weighted by atomic mass is 9.96. The van der Waals surface area contributed by atoms with Gasteiger partial charge in [0.05, 0.1) is 24.6 Å². The number of carbonyl (C=O) groups excluding carboxylic acids is 1. The first-order valence-electron chi connectivity index (χ1n) is 9.90. The maximum atomic E-state index is 12.8. The molecule has 25 heavy (non-hydrogen) atoms. The smallest absolute Gasteiger partial charge is 0.227 e. The molecule has 138 valence electrons. The van der Waals surface area contributed by atoms with Gasteiger partial charge in [0.25, 0.3) is 0 Å². The summed E-state index contributed by atoms with van der Waals surface area (Å²) in [6.45, 7) is 9.17. The van der Waals surface area contributed by atoms with Gasteiger partial charge in [0, 0.05) is 25.7 Å². The standard InChI is InChI=1S/C20H32N4O/c1-3-22(4-2)11-10-18-14-23(15-19-13-21-16-24(18)19)20(25)12-17-8-6-5-7-9-17/h8,13,16,18H,3-7,9-12,14-15H2,1-2H3/t18-/m0/s1. The van der Waals surface area contributed by atoms with Gasteiger partial charge >= 0.3 is 0 Å². The molecule has 0 bridgehead atoms. The second kappa shape index (κ2) is 8.65. The Hall–Kier alpha value is -1.62. The average Bonchev–Trinajstić information content (AvgIpc) is 3.12. The molecule has 1 aromatic heterocycles. The molecule has 1 atom stereocenters. The minimum atomic E-state index is 0.286. The van der Waals surface area contributed by atoms with E-state index in [1.165, 1.54) is 24.1 Å². The maximum Gasteiger partial charge on any atom is 0.227 e. The average molecular weight is 345 g/mol. The van der Waals surface area contributed by atoms with Crippen LogP contribution in [0.4, 0.5) is 0 Å². The third kappa shape index (κ3) is 4.51. The van der Waals surface area contributed by atoms with Gasteiger partial charge in [-0.05, 0) is 45.2 Å². The van der Waals surface area contributed by atoms with Crippen LogP contribution in [0.5, 0.6) is 0 Å². The minimum Gasteiger partial charge on any atom is -0.334 e. The highest BCUT2D eigenvalue weighted by Crippen LogP contribution is 2.26. The summed E-state index contributed by atoms with van der Waals surface area (Å²) in [6, 6.07) is 0.344. The molecule has 2 heterocycles. The fourth-order valence-electron chi connectivity index (χ4n) is 4.05. The summed E-state index contributed by atoms with van der Waals surface area (Å²) in [4.78, 5) is 21.7. The Kier molecular flexibility index (Phi) is 6.29. The Balaban J connectivity index is 1.64. The van der Waals surface area contributed by atoms with Crippen molar-refractivity contribution in [1.82, 2.24) is 19.4 Å². The normalized spacial score (nSPS) is 20.5. The van der Waals surface area contributed by atoms with Crippen molar-refractivity contribution in [2.45, 2.75) is 65.0 Å². The number of allylic oxidation sites excluding steroid dienone is 1. The second-order valence-electron chi connectivity index (χ2n) is 7.32. The molecule has 5 heteroatoms. The van der Waals surface area contributed by atoms with Crippen molar-refractivity contribution in [3.05, 3.63) is 29.9 Å². The predicted octanol–water partition coefficient (Wildman–Crippen LogP) is 3.39. The van der Waals surface area contributed by atoms with Crippen LogP contribution in [0.3, 0.4) is 0 Å². The zero-order valence-electron chi connectivity index (χ0n) is 15.8. The number of imidazole rings is 1. The number of hydrogen-bond donors (Lipinski definition) is 0. The van der Waals surface area contributed by atoms with Crippen LogP contribution in [0.15, 0.2) is 24.2 Å². The molecule has 0 saturated heterocycles. The highest BCUT2D eigenvalue weighted by Gasteiger charge is 2.28. The van der Waals surface area contributed by atoms with E-state index in [0.29, 0.717) is 19.0 Å². The highest BCUT2D eigenvalue weighted by molar-refractivity contribution is 5.78. The summed E-state index contributed by atoms with van der Waals surface area (Å²) >= 11 is 0. The van der Waals surface area contributed by atoms with Gasteiger partial charge in [-0.3, -0.25) is 4.79 Å². The van der Waals surface area contributed by atoms with Gasteiger partial charge in [-0.2, -0.15) is 0 Å². The van der Waals surface area contributed by atoms with Crippen molar-refractivity contribution in [1.29, 1.82) is 0 Å². The van der Waals surface area contributed by atoms with Gasteiger partial charge in [-0.1, -0.05) is 25.5 Å². The molecule has 1 aliphatic carbocycles. The maximum absolute atomic E-state index is 12.8. The minimum absolute atomic E-state index is 0.286. The Morgan fingerprint density at radius 2 is 2.16 bits per heavy atom. The van der Waals surface area contributed by atoms with E-state index in [1.807, 2.05) is 12.5 Å². The van der Waals surface area contributed by atoms with Crippen LogP contribution in [0, 0.1) is 0 Å². The van der Waals surface area contributed by atoms with Gasteiger partial charge in [-0.25, -0.2) is 4.98 Å². The summed E-state index contributed by atoms with van der Waals surface area (Å²) in [5, 5.41) is 0. The van der Waals surface area contributed by atoms with E-state index < -0.39 is 0 Å². The molecular weight excluding hydrogens is 312 g/mol. The van der Waals surface area contributed by atoms with Gasteiger partial charge < -0.3 is 14.4 Å². The largest absolute Gasteiger partial charge is 0.334 e. The SMILES string of the molecule is CCN(CC)CC[C@H]1CN(C(=O)CC2=CCCCC2)Cc2cncn21. The van der Waals surface area contributed by atoms with Crippen molar-refractivity contribution >= 4 is 5.91 Å². The third-order valence-corrected chi connectivity index (χ3v) is 5.71. The van der Waals surface area contributed by atoms with Gasteiger partial charge in [-0.15, -0.1) is 0 Å². The first kappa shape index (κ1) is 18.2. The number of aromatic nitrogens is 2. The summed E-state index contributed by atoms with van der Waals surface area (Å²) < 4.78 is 2.28. The van der Waals surface area contributed by atoms with E-state index in [-0.39, 0.29) is 5.91 Å². The number of fused-ring (bicyclic) bond motifs is 1. The molecule has 0 fully saturated rings. The molecule has 0 spiro atoms. The first-order valence-corrected chi connectivity index (χ1v) is 9.90. The molecule has 2 aliphatic rings. The highest BCUT2D eigenvalue weighted by atomic mass is 16.2. The topological polar surface area (TPSA) is 41.4 Å². The number of rotatable bonds is 7. The Labute approximate surface area is 151 Å². The molecule has 1 amide bonds. The predicted molar refractivity (Wildman–Crippen MR) is 100 cm³/mol. The fourth-order valence-corrected chi connectivity index (χ4v) is 4.05. The van der Waals surface area contributed by atoms with Crippen LogP contribution >= 0.6 is 0 Å². The summed E-state index contributed by atoms with van der Waals surface area (Å²) in [7, 11) is 0. The van der Waals surface area contributed by atoms with Crippen molar-refractivity contribution in [3.8, 4) is 0 Å². The molecule has 0 radical (unpaired) electrons. The molecular formula is C20H32N4O. The molecule has 1 aromatic rings. The monoisotopic (exact) mass is 344 g/mol. The third-order valence-electron chi connectivity index (χ3n) is 5.71. The lowest BCUT2D eigenvalue weighted by Crippen LogP contribution is -2.42. The molecule has 0 aromatic carbocycles. The quantitative estimate of drug-likeness (QED) is 0.712. The fraction of sp³-hybridized carbons (Fsp3) is 0.700. The number of carbonyl (C=O) groups is 1. The van der Waals surface area contributed by atoms with E-state index in [1.54, 1.807) is 0 Å². The Morgan fingerprint density at radius 1 is 1.32 bits per heavy atom. The second-order valence-corrected chi connectivity index (χ2v) is 7.32. The van der Waals surface area contributed by atoms with Crippen molar-refractivity contribution in [2.24, 2.45) is 0 Å². The summed E-state index contributed by atoms with van der Waals surface area (Å²) in [6.07, 6.45) is 12.6. The van der Waals surface area contributed by atoms with Crippen LogP contribution in [-0.4, -0.2) is 51.4 Å². The van der Waals surface area contributed by atoms with Gasteiger partial charge in [0.2, 0.25) is 5.91 Å². The Morgan fingerprint density at radius 3 is 2.88 bits per heavy atom. The van der Waals surface area contributed by atoms with E-state index in [2.05, 4.69) is 39.3 Å². The zero-order chi connectivity index (χ0) is 17.6. The van der Waals surface area contributed by atoms with E-state index in [4.69, 9.17) is 0 Å². The molecule has 1 aliphatic heterocycles. The van der Waals surface area contributed by atoms with Crippen LogP contribution in [0.25, 0.3) is 0 Å². The van der Waals surface area contributed by atoms with Gasteiger partial charge in [0.1, 0.15) is 0 Å². The number of nitrogens with zero attached hydrogens (tertiary/aromatic N) is 4. The van der Waals surface area contributed by atoms with Gasteiger partial charge in [0.15, 0.2) is 0 Å². The van der Waals surface area contributed by atoms with Crippen LogP contribution in [0.1, 0.15) is 64.1 Å². The lowest BCUT2D eigenvalue weighted by Gasteiger charge is -2.35.